The van der Waals surface area contributed by atoms with Gasteiger partial charge in [0.25, 0.3) is 0 Å². The minimum absolute atomic E-state index is 0. The van der Waals surface area contributed by atoms with Crippen LogP contribution < -0.4 is 42.5 Å². The summed E-state index contributed by atoms with van der Waals surface area (Å²) in [5.74, 6) is 0. The smallest absolute Gasteiger partial charge is 0.507 e. The number of hydrogen-bond donors (Lipinski definition) is 8. The molecule has 0 saturated heterocycles. The molecule has 0 aliphatic rings. The first kappa shape index (κ1) is 40.0. The Balaban J connectivity index is -0.000000105. The van der Waals surface area contributed by atoms with Crippen molar-refractivity contribution in [1.29, 1.82) is 0 Å². The van der Waals surface area contributed by atoms with Crippen LogP contribution in [0.3, 0.4) is 0 Å². The average Bonchev–Trinajstić information content (AvgIpc) is 2.82. The number of carbonyl (C=O) groups is 8. The van der Waals surface area contributed by atoms with E-state index in [1.165, 1.54) is 26.2 Å². The second kappa shape index (κ2) is 51.4. The van der Waals surface area contributed by atoms with Crippen molar-refractivity contribution >= 4 is 51.3 Å². The fraction of sp³-hybridized carbons (Fsp3) is 0.250. The van der Waals surface area contributed by atoms with Gasteiger partial charge in [-0.2, -0.15) is 0 Å². The monoisotopic (exact) mass is 640 g/mol. The first-order chi connectivity index (χ1) is 15.7. The van der Waals surface area contributed by atoms with E-state index in [0.29, 0.717) is 77.5 Å². The van der Waals surface area contributed by atoms with Crippen molar-refractivity contribution in [3.8, 4) is 0 Å². The first-order valence-corrected chi connectivity index (χ1v) is 8.40. The predicted octanol–water partition coefficient (Wildman–Crippen LogP) is -5.44. The number of rotatable bonds is 20. The van der Waals surface area contributed by atoms with Gasteiger partial charge in [0.15, 0.2) is 25.6 Å². The number of hydrogen-bond acceptors (Lipinski definition) is 8. The van der Waals surface area contributed by atoms with Gasteiger partial charge >= 0.3 is 25.8 Å². The Kier molecular flexibility index (Phi) is 62.3. The molecule has 0 unspecified atom stereocenters. The van der Waals surface area contributed by atoms with Crippen molar-refractivity contribution in [2.75, 3.05) is 26.2 Å². The van der Waals surface area contributed by atoms with Gasteiger partial charge in [-0.3, -0.25) is 38.4 Å². The van der Waals surface area contributed by atoms with Gasteiger partial charge in [0.2, 0.25) is 25.6 Å². The Labute approximate surface area is 210 Å². The molecule has 16 nitrogen and oxygen atoms in total. The molecule has 0 heterocycles. The fourth-order valence-corrected chi connectivity index (χ4v) is 0.856. The van der Waals surface area contributed by atoms with E-state index in [-0.39, 0.29) is 25.8 Å². The van der Waals surface area contributed by atoms with Gasteiger partial charge in [-0.1, -0.05) is 26.2 Å². The summed E-state index contributed by atoms with van der Waals surface area (Å²) in [6.07, 6.45) is 4.37. The van der Waals surface area contributed by atoms with Crippen LogP contribution in [-0.4, -0.2) is 77.5 Å². The normalized spacial score (nSPS) is 7.27. The maximum absolute atomic E-state index is 9.52. The molecule has 0 aliphatic heterocycles. The molecule has 0 aliphatic carbocycles. The van der Waals surface area contributed by atoms with E-state index < -0.39 is 0 Å². The van der Waals surface area contributed by atoms with Gasteiger partial charge in [-0.05, 0) is 0 Å². The third-order valence-corrected chi connectivity index (χ3v) is 1.96. The van der Waals surface area contributed by atoms with Gasteiger partial charge in [-0.15, -0.1) is 0 Å². The molecule has 0 rings (SSSR count). The second-order valence-electron chi connectivity index (χ2n) is 4.06. The molecule has 0 fully saturated rings. The standard InChI is InChI=1S/4C4H7N2O2.Hf/c4*7-3-5-1-2-6-4-8;/h4*1,3-4H,2H2,(H,5,7)(H,6,8);/q4*-1;+4. The Morgan fingerprint density at radius 3 is 0.667 bits per heavy atom. The van der Waals surface area contributed by atoms with Crippen LogP contribution in [0.15, 0.2) is 0 Å². The van der Waals surface area contributed by atoms with Gasteiger partial charge < -0.3 is 42.5 Å². The summed E-state index contributed by atoms with van der Waals surface area (Å²) in [6.45, 7) is 7.18. The maximum Gasteiger partial charge on any atom is 4.00 e. The van der Waals surface area contributed by atoms with Crippen molar-refractivity contribution in [1.82, 2.24) is 42.5 Å². The van der Waals surface area contributed by atoms with Gasteiger partial charge in [0.05, 0.1) is 0 Å². The molecule has 0 aromatic carbocycles. The van der Waals surface area contributed by atoms with Crippen molar-refractivity contribution in [3.05, 3.63) is 26.2 Å². The van der Waals surface area contributed by atoms with Crippen LogP contribution in [0.1, 0.15) is 0 Å². The van der Waals surface area contributed by atoms with Crippen LogP contribution in [0.5, 0.6) is 0 Å². The molecular formula is C16H28HfN8O8. The van der Waals surface area contributed by atoms with Gasteiger partial charge in [0.1, 0.15) is 0 Å². The van der Waals surface area contributed by atoms with Crippen molar-refractivity contribution in [2.45, 2.75) is 0 Å². The van der Waals surface area contributed by atoms with Crippen LogP contribution in [0.4, 0.5) is 0 Å². The van der Waals surface area contributed by atoms with E-state index in [1.807, 2.05) is 0 Å². The SMILES string of the molecule is O=CN[CH-]CNC=O.O=CN[CH-]CNC=O.O=CN[CH-]CNC=O.O=CN[CH-]CNC=O.[Hf+4]. The molecule has 0 saturated carbocycles. The zero-order valence-electron chi connectivity index (χ0n) is 17.5. The summed E-state index contributed by atoms with van der Waals surface area (Å²) < 4.78 is 0. The van der Waals surface area contributed by atoms with Crippen LogP contribution in [0.2, 0.25) is 0 Å². The summed E-state index contributed by atoms with van der Waals surface area (Å²) in [5, 5.41) is 18.3. The maximum atomic E-state index is 9.52. The largest absolute Gasteiger partial charge is 4.00 e. The van der Waals surface area contributed by atoms with Crippen molar-refractivity contribution in [3.63, 3.8) is 0 Å². The zero-order chi connectivity index (χ0) is 25.0. The summed E-state index contributed by atoms with van der Waals surface area (Å²) in [4.78, 5) is 76.1. The van der Waals surface area contributed by atoms with Gasteiger partial charge in [-0.25, -0.2) is 26.2 Å². The van der Waals surface area contributed by atoms with E-state index in [2.05, 4.69) is 42.5 Å². The minimum atomic E-state index is 0. The third kappa shape index (κ3) is 73.4. The molecule has 184 valence electrons. The zero-order valence-corrected chi connectivity index (χ0v) is 21.1. The van der Waals surface area contributed by atoms with Crippen LogP contribution in [-0.2, 0) is 64.2 Å². The Morgan fingerprint density at radius 1 is 0.364 bits per heavy atom. The molecule has 0 aromatic rings. The van der Waals surface area contributed by atoms with Crippen molar-refractivity contribution in [2.24, 2.45) is 0 Å². The van der Waals surface area contributed by atoms with Crippen LogP contribution in [0, 0.1) is 26.2 Å². The number of nitrogens with one attached hydrogen (secondary N) is 8. The molecule has 0 aromatic heterocycles. The molecular weight excluding hydrogens is 611 g/mol. The van der Waals surface area contributed by atoms with Crippen LogP contribution in [0.25, 0.3) is 0 Å². The van der Waals surface area contributed by atoms with Crippen molar-refractivity contribution < 1.29 is 64.2 Å². The van der Waals surface area contributed by atoms with E-state index >= 15 is 0 Å². The first-order valence-electron chi connectivity index (χ1n) is 8.40. The fourth-order valence-electron chi connectivity index (χ4n) is 0.856. The number of amides is 8. The van der Waals surface area contributed by atoms with E-state index in [4.69, 9.17) is 0 Å². The molecule has 0 spiro atoms. The third-order valence-electron chi connectivity index (χ3n) is 1.96. The second-order valence-corrected chi connectivity index (χ2v) is 4.06. The Morgan fingerprint density at radius 2 is 0.545 bits per heavy atom. The molecule has 0 bridgehead atoms. The van der Waals surface area contributed by atoms with Crippen LogP contribution >= 0.6 is 0 Å². The summed E-state index contributed by atoms with van der Waals surface area (Å²) in [6, 6.07) is 0. The van der Waals surface area contributed by atoms with Gasteiger partial charge in [0, 0.05) is 0 Å². The summed E-state index contributed by atoms with van der Waals surface area (Å²) in [7, 11) is 0. The Bertz CT molecular complexity index is 344. The summed E-state index contributed by atoms with van der Waals surface area (Å²) >= 11 is 0. The summed E-state index contributed by atoms with van der Waals surface area (Å²) in [5.41, 5.74) is 0. The molecule has 17 heteroatoms. The molecule has 0 radical (unpaired) electrons. The molecule has 8 N–H and O–H groups in total. The molecule has 33 heavy (non-hydrogen) atoms. The molecule has 0 atom stereocenters. The Hall–Kier alpha value is -3.37. The minimum Gasteiger partial charge on any atom is -0.507 e. The predicted molar refractivity (Wildman–Crippen MR) is 110 cm³/mol. The number of carbonyl (C=O) groups excluding carboxylic acids is 8. The molecule has 8 amide bonds. The topological polar surface area (TPSA) is 233 Å². The quantitative estimate of drug-likeness (QED) is 0.0277. The van der Waals surface area contributed by atoms with E-state index in [9.17, 15) is 38.4 Å². The van der Waals surface area contributed by atoms with E-state index in [0.717, 1.165) is 0 Å². The van der Waals surface area contributed by atoms with E-state index in [1.54, 1.807) is 0 Å². The average molecular weight is 639 g/mol.